The number of nitrogens with one attached hydrogen (secondary N) is 1. The van der Waals surface area contributed by atoms with E-state index in [4.69, 9.17) is 14.2 Å². The fourth-order valence-corrected chi connectivity index (χ4v) is 2.94. The molecular formula is C17H26N2O3. The van der Waals surface area contributed by atoms with Crippen LogP contribution in [0.3, 0.4) is 0 Å². The second-order valence-electron chi connectivity index (χ2n) is 5.28. The van der Waals surface area contributed by atoms with Gasteiger partial charge in [-0.25, -0.2) is 0 Å². The normalized spacial score (nSPS) is 16.9. The van der Waals surface area contributed by atoms with E-state index in [1.807, 2.05) is 18.2 Å². The summed E-state index contributed by atoms with van der Waals surface area (Å²) in [7, 11) is 4.98. The van der Waals surface area contributed by atoms with E-state index < -0.39 is 0 Å². The predicted molar refractivity (Wildman–Crippen MR) is 88.1 cm³/mol. The fourth-order valence-electron chi connectivity index (χ4n) is 2.94. The lowest BCUT2D eigenvalue weighted by Gasteiger charge is -2.35. The van der Waals surface area contributed by atoms with E-state index in [1.54, 1.807) is 21.3 Å². The second kappa shape index (κ2) is 8.06. The summed E-state index contributed by atoms with van der Waals surface area (Å²) in [5, 5.41) is 3.39. The number of piperazine rings is 1. The average molecular weight is 306 g/mol. The minimum Gasteiger partial charge on any atom is -0.496 e. The van der Waals surface area contributed by atoms with Crippen molar-refractivity contribution in [3.8, 4) is 17.2 Å². The Hall–Kier alpha value is -1.72. The van der Waals surface area contributed by atoms with Gasteiger partial charge in [0.25, 0.3) is 0 Å². The summed E-state index contributed by atoms with van der Waals surface area (Å²) in [6, 6.07) is 4.15. The van der Waals surface area contributed by atoms with Crippen molar-refractivity contribution in [3.63, 3.8) is 0 Å². The number of rotatable bonds is 7. The van der Waals surface area contributed by atoms with Crippen LogP contribution in [-0.4, -0.2) is 52.4 Å². The summed E-state index contributed by atoms with van der Waals surface area (Å²) >= 11 is 0. The van der Waals surface area contributed by atoms with E-state index in [-0.39, 0.29) is 6.04 Å². The van der Waals surface area contributed by atoms with Crippen LogP contribution < -0.4 is 19.5 Å². The number of hydrogen-bond acceptors (Lipinski definition) is 5. The summed E-state index contributed by atoms with van der Waals surface area (Å²) in [6.07, 6.45) is 2.83. The van der Waals surface area contributed by atoms with Crippen molar-refractivity contribution in [2.75, 3.05) is 47.5 Å². The van der Waals surface area contributed by atoms with Gasteiger partial charge in [0.1, 0.15) is 5.75 Å². The molecule has 1 aliphatic heterocycles. The molecule has 0 amide bonds. The first-order valence-electron chi connectivity index (χ1n) is 7.60. The molecule has 1 aromatic rings. The first kappa shape index (κ1) is 16.6. The zero-order chi connectivity index (χ0) is 15.9. The molecule has 1 N–H and O–H groups in total. The lowest BCUT2D eigenvalue weighted by atomic mass is 9.99. The second-order valence-corrected chi connectivity index (χ2v) is 5.28. The predicted octanol–water partition coefficient (Wildman–Crippen LogP) is 2.23. The number of nitrogens with zero attached hydrogens (tertiary/aromatic N) is 1. The maximum Gasteiger partial charge on any atom is 0.164 e. The van der Waals surface area contributed by atoms with Crippen molar-refractivity contribution >= 4 is 0 Å². The van der Waals surface area contributed by atoms with E-state index in [9.17, 15) is 0 Å². The molecule has 5 heteroatoms. The molecule has 0 bridgehead atoms. The Kier molecular flexibility index (Phi) is 6.10. The highest BCUT2D eigenvalue weighted by atomic mass is 16.5. The van der Waals surface area contributed by atoms with Crippen LogP contribution in [0.2, 0.25) is 0 Å². The Morgan fingerprint density at radius 1 is 1.09 bits per heavy atom. The standard InChI is InChI=1S/C17H26N2O3/c1-5-6-14(19-9-7-18-8-10-19)13-11-16(21-3)17(22-4)12-15(13)20-2/h5,11-12,14,18H,1,6-10H2,2-4H3/t14-/m1/s1. The SMILES string of the molecule is C=CC[C@H](c1cc(OC)c(OC)cc1OC)N1CCNCC1. The summed E-state index contributed by atoms with van der Waals surface area (Å²) < 4.78 is 16.4. The van der Waals surface area contributed by atoms with E-state index in [2.05, 4.69) is 16.8 Å². The molecule has 22 heavy (non-hydrogen) atoms. The largest absolute Gasteiger partial charge is 0.496 e. The van der Waals surface area contributed by atoms with Crippen molar-refractivity contribution in [2.24, 2.45) is 0 Å². The van der Waals surface area contributed by atoms with Gasteiger partial charge in [-0.2, -0.15) is 0 Å². The topological polar surface area (TPSA) is 43.0 Å². The smallest absolute Gasteiger partial charge is 0.164 e. The van der Waals surface area contributed by atoms with Gasteiger partial charge in [-0.15, -0.1) is 6.58 Å². The Morgan fingerprint density at radius 2 is 1.68 bits per heavy atom. The molecule has 0 aromatic heterocycles. The van der Waals surface area contributed by atoms with Gasteiger partial charge in [-0.05, 0) is 12.5 Å². The monoisotopic (exact) mass is 306 g/mol. The average Bonchev–Trinajstić information content (AvgIpc) is 2.59. The molecule has 2 rings (SSSR count). The maximum atomic E-state index is 5.59. The van der Waals surface area contributed by atoms with Crippen LogP contribution in [0.5, 0.6) is 17.2 Å². The van der Waals surface area contributed by atoms with Crippen molar-refractivity contribution in [3.05, 3.63) is 30.4 Å². The summed E-state index contributed by atoms with van der Waals surface area (Å²) in [5.41, 5.74) is 1.11. The number of benzene rings is 1. The van der Waals surface area contributed by atoms with Crippen molar-refractivity contribution in [1.29, 1.82) is 0 Å². The molecule has 1 atom stereocenters. The lowest BCUT2D eigenvalue weighted by Crippen LogP contribution is -2.45. The van der Waals surface area contributed by atoms with Gasteiger partial charge < -0.3 is 19.5 Å². The third kappa shape index (κ3) is 3.54. The third-order valence-electron chi connectivity index (χ3n) is 4.08. The van der Waals surface area contributed by atoms with Crippen LogP contribution in [-0.2, 0) is 0 Å². The van der Waals surface area contributed by atoms with Crippen LogP contribution in [0.25, 0.3) is 0 Å². The van der Waals surface area contributed by atoms with Crippen molar-refractivity contribution in [1.82, 2.24) is 10.2 Å². The molecular weight excluding hydrogens is 280 g/mol. The molecule has 1 fully saturated rings. The molecule has 0 aliphatic carbocycles. The Morgan fingerprint density at radius 3 is 2.23 bits per heavy atom. The van der Waals surface area contributed by atoms with Crippen LogP contribution in [0.15, 0.2) is 24.8 Å². The molecule has 122 valence electrons. The highest BCUT2D eigenvalue weighted by molar-refractivity contribution is 5.52. The van der Waals surface area contributed by atoms with Crippen LogP contribution >= 0.6 is 0 Å². The number of ether oxygens (including phenoxy) is 3. The van der Waals surface area contributed by atoms with Gasteiger partial charge >= 0.3 is 0 Å². The molecule has 0 unspecified atom stereocenters. The molecule has 5 nitrogen and oxygen atoms in total. The fraction of sp³-hybridized carbons (Fsp3) is 0.529. The quantitative estimate of drug-likeness (QED) is 0.783. The summed E-state index contributed by atoms with van der Waals surface area (Å²) in [6.45, 7) is 7.94. The first-order chi connectivity index (χ1) is 10.7. The molecule has 1 heterocycles. The van der Waals surface area contributed by atoms with E-state index in [0.29, 0.717) is 5.75 Å². The van der Waals surface area contributed by atoms with Gasteiger partial charge in [0.2, 0.25) is 0 Å². The van der Waals surface area contributed by atoms with E-state index in [1.165, 1.54) is 0 Å². The van der Waals surface area contributed by atoms with E-state index in [0.717, 1.165) is 49.7 Å². The molecule has 1 saturated heterocycles. The highest BCUT2D eigenvalue weighted by Crippen LogP contribution is 2.40. The zero-order valence-electron chi connectivity index (χ0n) is 13.7. The Labute approximate surface area is 132 Å². The molecule has 1 aliphatic rings. The molecule has 1 aromatic carbocycles. The van der Waals surface area contributed by atoms with E-state index >= 15 is 0 Å². The van der Waals surface area contributed by atoms with Gasteiger partial charge in [-0.1, -0.05) is 6.08 Å². The summed E-state index contributed by atoms with van der Waals surface area (Å²) in [5.74, 6) is 2.23. The zero-order valence-corrected chi connectivity index (χ0v) is 13.7. The number of hydrogen-bond donors (Lipinski definition) is 1. The van der Waals surface area contributed by atoms with Crippen LogP contribution in [0.1, 0.15) is 18.0 Å². The maximum absolute atomic E-state index is 5.59. The number of methoxy groups -OCH3 is 3. The van der Waals surface area contributed by atoms with Gasteiger partial charge in [0.05, 0.1) is 21.3 Å². The molecule has 0 spiro atoms. The minimum atomic E-state index is 0.231. The van der Waals surface area contributed by atoms with Gasteiger partial charge in [0.15, 0.2) is 11.5 Å². The third-order valence-corrected chi connectivity index (χ3v) is 4.08. The van der Waals surface area contributed by atoms with Crippen molar-refractivity contribution in [2.45, 2.75) is 12.5 Å². The highest BCUT2D eigenvalue weighted by Gasteiger charge is 2.25. The molecule has 0 saturated carbocycles. The molecule has 0 radical (unpaired) electrons. The minimum absolute atomic E-state index is 0.231. The Balaban J connectivity index is 2.42. The van der Waals surface area contributed by atoms with Crippen LogP contribution in [0, 0.1) is 0 Å². The van der Waals surface area contributed by atoms with Crippen LogP contribution in [0.4, 0.5) is 0 Å². The van der Waals surface area contributed by atoms with Crippen molar-refractivity contribution < 1.29 is 14.2 Å². The van der Waals surface area contributed by atoms with Gasteiger partial charge in [0, 0.05) is 43.9 Å². The van der Waals surface area contributed by atoms with Gasteiger partial charge in [-0.3, -0.25) is 4.90 Å². The lowest BCUT2D eigenvalue weighted by molar-refractivity contribution is 0.171. The summed E-state index contributed by atoms with van der Waals surface area (Å²) in [4.78, 5) is 2.46. The Bertz CT molecular complexity index is 499. The first-order valence-corrected chi connectivity index (χ1v) is 7.60.